The number of halogens is 5. The van der Waals surface area contributed by atoms with Crippen LogP contribution >= 0.6 is 0 Å². The van der Waals surface area contributed by atoms with Gasteiger partial charge in [0.05, 0.1) is 34.8 Å². The van der Waals surface area contributed by atoms with Gasteiger partial charge in [0.2, 0.25) is 5.88 Å². The molecule has 0 unspecified atom stereocenters. The van der Waals surface area contributed by atoms with Gasteiger partial charge >= 0.3 is 6.18 Å². The third-order valence-corrected chi connectivity index (χ3v) is 5.80. The third kappa shape index (κ3) is 4.20. The number of nitrogens with one attached hydrogen (secondary N) is 1. The lowest BCUT2D eigenvalue weighted by atomic mass is 10.00. The van der Waals surface area contributed by atoms with Crippen LogP contribution in [-0.2, 0) is 6.18 Å². The van der Waals surface area contributed by atoms with Gasteiger partial charge in [-0.05, 0) is 50.6 Å². The Bertz CT molecular complexity index is 1530. The first kappa shape index (κ1) is 24.2. The Hall–Kier alpha value is -3.95. The quantitative estimate of drug-likeness (QED) is 0.327. The first-order valence-corrected chi connectivity index (χ1v) is 10.3. The molecule has 10 heteroatoms. The summed E-state index contributed by atoms with van der Waals surface area (Å²) in [5, 5.41) is 0.310. The molecule has 182 valence electrons. The number of ether oxygens (including phenoxy) is 2. The molecule has 0 bridgehead atoms. The minimum atomic E-state index is -4.73. The van der Waals surface area contributed by atoms with Crippen LogP contribution in [0.2, 0.25) is 0 Å². The third-order valence-electron chi connectivity index (χ3n) is 5.80. The molecule has 0 aliphatic carbocycles. The Morgan fingerprint density at radius 3 is 2.29 bits per heavy atom. The van der Waals surface area contributed by atoms with Crippen LogP contribution in [0.4, 0.5) is 22.0 Å². The Balaban J connectivity index is 1.99. The number of alkyl halides is 3. The van der Waals surface area contributed by atoms with Crippen molar-refractivity contribution >= 4 is 10.9 Å². The maximum absolute atomic E-state index is 14.1. The number of fused-ring (bicyclic) bond motifs is 1. The van der Waals surface area contributed by atoms with Crippen LogP contribution in [0.25, 0.3) is 22.2 Å². The smallest absolute Gasteiger partial charge is 0.418 e. The number of methoxy groups -OCH3 is 1. The maximum atomic E-state index is 14.1. The fourth-order valence-corrected chi connectivity index (χ4v) is 3.96. The van der Waals surface area contributed by atoms with Crippen molar-refractivity contribution in [2.45, 2.75) is 26.9 Å². The van der Waals surface area contributed by atoms with E-state index in [9.17, 15) is 26.7 Å². The molecule has 0 fully saturated rings. The van der Waals surface area contributed by atoms with Gasteiger partial charge in [0, 0.05) is 23.4 Å². The van der Waals surface area contributed by atoms with Crippen molar-refractivity contribution in [2.24, 2.45) is 0 Å². The molecule has 0 atom stereocenters. The van der Waals surface area contributed by atoms with Crippen LogP contribution in [0.5, 0.6) is 17.4 Å². The lowest BCUT2D eigenvalue weighted by molar-refractivity contribution is -0.138. The largest absolute Gasteiger partial charge is 0.496 e. The normalized spacial score (nSPS) is 11.7. The molecule has 0 aliphatic rings. The van der Waals surface area contributed by atoms with Crippen LogP contribution in [0.3, 0.4) is 0 Å². The van der Waals surface area contributed by atoms with Gasteiger partial charge in [-0.25, -0.2) is 13.8 Å². The van der Waals surface area contributed by atoms with E-state index < -0.39 is 28.8 Å². The van der Waals surface area contributed by atoms with E-state index in [1.807, 2.05) is 0 Å². The van der Waals surface area contributed by atoms with Gasteiger partial charge in [-0.3, -0.25) is 4.79 Å². The Labute approximate surface area is 196 Å². The number of aromatic nitrogens is 2. The molecule has 2 aromatic heterocycles. The van der Waals surface area contributed by atoms with E-state index in [4.69, 9.17) is 9.47 Å². The van der Waals surface area contributed by atoms with Gasteiger partial charge in [-0.15, -0.1) is 0 Å². The van der Waals surface area contributed by atoms with Crippen LogP contribution in [0.1, 0.15) is 22.3 Å². The number of benzene rings is 2. The number of H-pyrrole nitrogens is 1. The summed E-state index contributed by atoms with van der Waals surface area (Å²) in [6, 6.07) is 6.32. The molecule has 2 aromatic carbocycles. The monoisotopic (exact) mass is 490 g/mol. The van der Waals surface area contributed by atoms with E-state index in [0.29, 0.717) is 28.4 Å². The molecule has 0 radical (unpaired) electrons. The lowest BCUT2D eigenvalue weighted by Crippen LogP contribution is -2.12. The van der Waals surface area contributed by atoms with E-state index >= 15 is 0 Å². The summed E-state index contributed by atoms with van der Waals surface area (Å²) >= 11 is 0. The molecule has 4 aromatic rings. The second kappa shape index (κ2) is 8.68. The highest BCUT2D eigenvalue weighted by Crippen LogP contribution is 2.41. The Morgan fingerprint density at radius 2 is 1.63 bits per heavy atom. The molecule has 0 saturated heterocycles. The van der Waals surface area contributed by atoms with Crippen LogP contribution in [-0.4, -0.2) is 17.1 Å². The average molecular weight is 490 g/mol. The highest BCUT2D eigenvalue weighted by atomic mass is 19.4. The number of rotatable bonds is 4. The van der Waals surface area contributed by atoms with Gasteiger partial charge in [-0.2, -0.15) is 13.2 Å². The minimum absolute atomic E-state index is 0.0124. The summed E-state index contributed by atoms with van der Waals surface area (Å²) in [6.07, 6.45) is -4.14. The van der Waals surface area contributed by atoms with Gasteiger partial charge in [-0.1, -0.05) is 0 Å². The van der Waals surface area contributed by atoms with Crippen molar-refractivity contribution < 1.29 is 31.4 Å². The Morgan fingerprint density at radius 1 is 0.943 bits per heavy atom. The molecular weight excluding hydrogens is 471 g/mol. The average Bonchev–Trinajstić information content (AvgIpc) is 2.78. The van der Waals surface area contributed by atoms with Gasteiger partial charge in [0.1, 0.15) is 11.5 Å². The zero-order valence-electron chi connectivity index (χ0n) is 19.0. The lowest BCUT2D eigenvalue weighted by Gasteiger charge is -2.19. The molecule has 4 rings (SSSR count). The molecule has 35 heavy (non-hydrogen) atoms. The molecule has 0 amide bonds. The van der Waals surface area contributed by atoms with E-state index in [1.165, 1.54) is 21.0 Å². The second-order valence-electron chi connectivity index (χ2n) is 7.92. The highest BCUT2D eigenvalue weighted by molar-refractivity contribution is 5.87. The molecule has 0 saturated carbocycles. The summed E-state index contributed by atoms with van der Waals surface area (Å²) in [5.41, 5.74) is -1.16. The number of aryl methyl sites for hydroxylation is 1. The summed E-state index contributed by atoms with van der Waals surface area (Å²) in [5.74, 6) is -2.23. The van der Waals surface area contributed by atoms with E-state index in [2.05, 4.69) is 9.97 Å². The van der Waals surface area contributed by atoms with Gasteiger partial charge in [0.25, 0.3) is 0 Å². The van der Waals surface area contributed by atoms with Gasteiger partial charge < -0.3 is 14.5 Å². The van der Waals surface area contributed by atoms with Crippen molar-refractivity contribution in [3.05, 3.63) is 80.6 Å². The first-order valence-electron chi connectivity index (χ1n) is 10.3. The summed E-state index contributed by atoms with van der Waals surface area (Å²) in [6.45, 7) is 4.17. The molecule has 2 heterocycles. The van der Waals surface area contributed by atoms with Crippen molar-refractivity contribution in [3.63, 3.8) is 0 Å². The van der Waals surface area contributed by atoms with Crippen LogP contribution < -0.4 is 14.9 Å². The summed E-state index contributed by atoms with van der Waals surface area (Å²) in [4.78, 5) is 19.8. The molecule has 0 aliphatic heterocycles. The summed E-state index contributed by atoms with van der Waals surface area (Å²) in [7, 11) is 1.46. The fraction of sp³-hybridized carbons (Fsp3) is 0.200. The van der Waals surface area contributed by atoms with Crippen LogP contribution in [0, 0.1) is 32.4 Å². The first-order chi connectivity index (χ1) is 16.4. The zero-order valence-corrected chi connectivity index (χ0v) is 19.0. The standard InChI is InChI=1S/C25H19F5N2O3/c1-11-14(25(28,29)30)10-31-24(35-20-7-5-15(26)23(27)13(20)3)22(11)17-9-18(33)21-12(2)19(34-4)8-6-16(21)32-17/h5-10H,1-4H3,(H,32,33). The van der Waals surface area contributed by atoms with Crippen LogP contribution in [0.15, 0.2) is 41.3 Å². The van der Waals surface area contributed by atoms with Crippen molar-refractivity contribution in [3.8, 4) is 28.6 Å². The molecule has 0 spiro atoms. The number of hydrogen-bond acceptors (Lipinski definition) is 4. The highest BCUT2D eigenvalue weighted by Gasteiger charge is 2.35. The van der Waals surface area contributed by atoms with Crippen molar-refractivity contribution in [1.82, 2.24) is 9.97 Å². The van der Waals surface area contributed by atoms with E-state index in [-0.39, 0.29) is 34.0 Å². The minimum Gasteiger partial charge on any atom is -0.496 e. The van der Waals surface area contributed by atoms with E-state index in [0.717, 1.165) is 18.2 Å². The number of aromatic amines is 1. The van der Waals surface area contributed by atoms with E-state index in [1.54, 1.807) is 19.1 Å². The number of pyridine rings is 2. The molecule has 1 N–H and O–H groups in total. The fourth-order valence-electron chi connectivity index (χ4n) is 3.96. The zero-order chi connectivity index (χ0) is 25.7. The predicted octanol–water partition coefficient (Wildman–Crippen LogP) is 6.61. The predicted molar refractivity (Wildman–Crippen MR) is 120 cm³/mol. The second-order valence-corrected chi connectivity index (χ2v) is 7.92. The molecular formula is C25H19F5N2O3. The number of nitrogens with zero attached hydrogens (tertiary/aromatic N) is 1. The number of hydrogen-bond donors (Lipinski definition) is 1. The topological polar surface area (TPSA) is 64.2 Å². The van der Waals surface area contributed by atoms with Gasteiger partial charge in [0.15, 0.2) is 17.1 Å². The van der Waals surface area contributed by atoms with Crippen molar-refractivity contribution in [2.75, 3.05) is 7.11 Å². The maximum Gasteiger partial charge on any atom is 0.418 e. The Kier molecular flexibility index (Phi) is 6.00. The molecule has 5 nitrogen and oxygen atoms in total. The van der Waals surface area contributed by atoms with Crippen molar-refractivity contribution in [1.29, 1.82) is 0 Å². The summed E-state index contributed by atoms with van der Waals surface area (Å²) < 4.78 is 79.5. The SMILES string of the molecule is COc1ccc2[nH]c(-c3c(Oc4ccc(F)c(F)c4C)ncc(C(F)(F)F)c3C)cc(=O)c2c1C.